The first-order chi connectivity index (χ1) is 12.0. The van der Waals surface area contributed by atoms with Gasteiger partial charge in [-0.3, -0.25) is 4.79 Å². The third kappa shape index (κ3) is 4.14. The van der Waals surface area contributed by atoms with E-state index in [0.717, 1.165) is 17.7 Å². The number of carbonyl (C=O) groups is 1. The zero-order valence-corrected chi connectivity index (χ0v) is 13.3. The molecule has 0 saturated heterocycles. The van der Waals surface area contributed by atoms with Gasteiger partial charge in [-0.2, -0.15) is 0 Å². The summed E-state index contributed by atoms with van der Waals surface area (Å²) in [5.74, 6) is -1.98. The highest BCUT2D eigenvalue weighted by atomic mass is 19.2. The Morgan fingerprint density at radius 3 is 2.48 bits per heavy atom. The molecule has 0 fully saturated rings. The number of nitrogens with one attached hydrogen (secondary N) is 2. The molecule has 2 aromatic carbocycles. The Hall–Kier alpha value is -3.35. The van der Waals surface area contributed by atoms with Crippen molar-refractivity contribution >= 4 is 23.1 Å². The first-order valence-corrected chi connectivity index (χ1v) is 7.43. The summed E-state index contributed by atoms with van der Waals surface area (Å²) in [7, 11) is 0. The van der Waals surface area contributed by atoms with Gasteiger partial charge in [0, 0.05) is 17.4 Å². The third-order valence-corrected chi connectivity index (χ3v) is 3.35. The summed E-state index contributed by atoms with van der Waals surface area (Å²) in [6.07, 6.45) is 2.64. The molecule has 7 heteroatoms. The molecule has 3 rings (SSSR count). The quantitative estimate of drug-likeness (QED) is 0.752. The summed E-state index contributed by atoms with van der Waals surface area (Å²) in [6, 6.07) is 10.8. The van der Waals surface area contributed by atoms with Gasteiger partial charge in [-0.25, -0.2) is 18.7 Å². The maximum Gasteiger partial charge on any atom is 0.275 e. The lowest BCUT2D eigenvalue weighted by molar-refractivity contribution is 0.102. The molecule has 0 aliphatic heterocycles. The molecule has 126 valence electrons. The van der Waals surface area contributed by atoms with E-state index in [-0.39, 0.29) is 5.69 Å². The summed E-state index contributed by atoms with van der Waals surface area (Å²) in [6.45, 7) is 1.92. The number of hydrogen-bond acceptors (Lipinski definition) is 4. The number of rotatable bonds is 4. The molecule has 0 aliphatic rings. The van der Waals surface area contributed by atoms with Crippen LogP contribution in [0.4, 0.5) is 26.0 Å². The van der Waals surface area contributed by atoms with Crippen molar-refractivity contribution in [3.05, 3.63) is 77.8 Å². The van der Waals surface area contributed by atoms with Crippen LogP contribution in [0.5, 0.6) is 0 Å². The van der Waals surface area contributed by atoms with Gasteiger partial charge in [0.15, 0.2) is 11.6 Å². The van der Waals surface area contributed by atoms with Crippen LogP contribution in [0, 0.1) is 18.6 Å². The van der Waals surface area contributed by atoms with Crippen molar-refractivity contribution in [2.75, 3.05) is 10.6 Å². The van der Waals surface area contributed by atoms with Gasteiger partial charge in [0.25, 0.3) is 5.91 Å². The molecule has 0 unspecified atom stereocenters. The van der Waals surface area contributed by atoms with Crippen molar-refractivity contribution in [3.8, 4) is 0 Å². The smallest absolute Gasteiger partial charge is 0.275 e. The molecule has 1 heterocycles. The summed E-state index contributed by atoms with van der Waals surface area (Å²) < 4.78 is 26.1. The van der Waals surface area contributed by atoms with Gasteiger partial charge in [-0.15, -0.1) is 0 Å². The van der Waals surface area contributed by atoms with E-state index in [2.05, 4.69) is 20.6 Å². The van der Waals surface area contributed by atoms with Crippen molar-refractivity contribution in [2.24, 2.45) is 0 Å². The number of carbonyl (C=O) groups excluding carboxylic acids is 1. The number of aryl methyl sites for hydroxylation is 1. The molecule has 0 atom stereocenters. The molecule has 0 bridgehead atoms. The van der Waals surface area contributed by atoms with Crippen LogP contribution >= 0.6 is 0 Å². The van der Waals surface area contributed by atoms with Crippen molar-refractivity contribution in [1.29, 1.82) is 0 Å². The van der Waals surface area contributed by atoms with Crippen molar-refractivity contribution in [3.63, 3.8) is 0 Å². The van der Waals surface area contributed by atoms with E-state index >= 15 is 0 Å². The monoisotopic (exact) mass is 340 g/mol. The van der Waals surface area contributed by atoms with Gasteiger partial charge >= 0.3 is 0 Å². The topological polar surface area (TPSA) is 66.9 Å². The van der Waals surface area contributed by atoms with Crippen LogP contribution in [-0.2, 0) is 0 Å². The van der Waals surface area contributed by atoms with Crippen LogP contribution in [0.1, 0.15) is 16.1 Å². The fraction of sp³-hybridized carbons (Fsp3) is 0.0556. The lowest BCUT2D eigenvalue weighted by Crippen LogP contribution is -2.14. The highest BCUT2D eigenvalue weighted by molar-refractivity contribution is 6.02. The third-order valence-electron chi connectivity index (χ3n) is 3.35. The zero-order chi connectivity index (χ0) is 17.8. The number of amides is 1. The van der Waals surface area contributed by atoms with Crippen LogP contribution in [0.3, 0.4) is 0 Å². The number of anilines is 3. The Bertz CT molecular complexity index is 913. The second-order valence-electron chi connectivity index (χ2n) is 5.36. The van der Waals surface area contributed by atoms with E-state index in [1.54, 1.807) is 6.07 Å². The predicted molar refractivity (Wildman–Crippen MR) is 90.8 cm³/mol. The Morgan fingerprint density at radius 2 is 1.80 bits per heavy atom. The van der Waals surface area contributed by atoms with E-state index in [1.807, 2.05) is 25.1 Å². The number of aromatic nitrogens is 2. The average Bonchev–Trinajstić information content (AvgIpc) is 2.59. The molecule has 0 spiro atoms. The normalized spacial score (nSPS) is 10.4. The molecular weight excluding hydrogens is 326 g/mol. The Labute approximate surface area is 142 Å². The average molecular weight is 340 g/mol. The number of hydrogen-bond donors (Lipinski definition) is 2. The van der Waals surface area contributed by atoms with Gasteiger partial charge < -0.3 is 10.6 Å². The fourth-order valence-electron chi connectivity index (χ4n) is 2.15. The lowest BCUT2D eigenvalue weighted by atomic mass is 10.2. The number of benzene rings is 2. The largest absolute Gasteiger partial charge is 0.339 e. The minimum atomic E-state index is -0.966. The molecule has 3 aromatic rings. The van der Waals surface area contributed by atoms with Gasteiger partial charge in [0.1, 0.15) is 11.5 Å². The molecule has 5 nitrogen and oxygen atoms in total. The van der Waals surface area contributed by atoms with Crippen LogP contribution < -0.4 is 10.6 Å². The molecule has 1 aromatic heterocycles. The van der Waals surface area contributed by atoms with Gasteiger partial charge in [0.2, 0.25) is 0 Å². The van der Waals surface area contributed by atoms with Crippen molar-refractivity contribution < 1.29 is 13.6 Å². The standard InChI is InChI=1S/C18H14F2N4O/c1-11-3-2-4-12(7-11)24-18(25)16-9-22-17(10-21-16)23-13-5-6-14(19)15(20)8-13/h2-10H,1H3,(H,22,23)(H,24,25). The molecule has 1 amide bonds. The molecule has 25 heavy (non-hydrogen) atoms. The van der Waals surface area contributed by atoms with Crippen LogP contribution in [-0.4, -0.2) is 15.9 Å². The van der Waals surface area contributed by atoms with Gasteiger partial charge in [-0.05, 0) is 36.8 Å². The molecule has 2 N–H and O–H groups in total. The van der Waals surface area contributed by atoms with E-state index in [4.69, 9.17) is 0 Å². The van der Waals surface area contributed by atoms with E-state index in [9.17, 15) is 13.6 Å². The summed E-state index contributed by atoms with van der Waals surface area (Å²) in [4.78, 5) is 20.2. The number of halogens is 2. The summed E-state index contributed by atoms with van der Waals surface area (Å²) in [5.41, 5.74) is 2.15. The second-order valence-corrected chi connectivity index (χ2v) is 5.36. The van der Waals surface area contributed by atoms with Gasteiger partial charge in [-0.1, -0.05) is 12.1 Å². The maximum absolute atomic E-state index is 13.2. The van der Waals surface area contributed by atoms with Crippen molar-refractivity contribution in [1.82, 2.24) is 9.97 Å². The second kappa shape index (κ2) is 7.04. The first-order valence-electron chi connectivity index (χ1n) is 7.43. The SMILES string of the molecule is Cc1cccc(NC(=O)c2cnc(Nc3ccc(F)c(F)c3)cn2)c1. The maximum atomic E-state index is 13.2. The predicted octanol–water partition coefficient (Wildman–Crippen LogP) is 4.06. The Balaban J connectivity index is 1.69. The van der Waals surface area contributed by atoms with E-state index in [1.165, 1.54) is 18.5 Å². The highest BCUT2D eigenvalue weighted by Gasteiger charge is 2.09. The first kappa shape index (κ1) is 16.5. The van der Waals surface area contributed by atoms with Crippen LogP contribution in [0.25, 0.3) is 0 Å². The van der Waals surface area contributed by atoms with Crippen LogP contribution in [0.15, 0.2) is 54.9 Å². The Morgan fingerprint density at radius 1 is 0.960 bits per heavy atom. The summed E-state index contributed by atoms with van der Waals surface area (Å²) >= 11 is 0. The Kier molecular flexibility index (Phi) is 4.65. The lowest BCUT2D eigenvalue weighted by Gasteiger charge is -2.07. The summed E-state index contributed by atoms with van der Waals surface area (Å²) in [5, 5.41) is 5.51. The van der Waals surface area contributed by atoms with Gasteiger partial charge in [0.05, 0.1) is 12.4 Å². The molecule has 0 saturated carbocycles. The molecule has 0 radical (unpaired) electrons. The zero-order valence-electron chi connectivity index (χ0n) is 13.3. The van der Waals surface area contributed by atoms with Crippen LogP contribution in [0.2, 0.25) is 0 Å². The van der Waals surface area contributed by atoms with E-state index in [0.29, 0.717) is 17.2 Å². The van der Waals surface area contributed by atoms with Crippen molar-refractivity contribution in [2.45, 2.75) is 6.92 Å². The fourth-order valence-corrected chi connectivity index (χ4v) is 2.15. The minimum Gasteiger partial charge on any atom is -0.339 e. The molecule has 0 aliphatic carbocycles. The number of nitrogens with zero attached hydrogens (tertiary/aromatic N) is 2. The minimum absolute atomic E-state index is 0.136. The van der Waals surface area contributed by atoms with E-state index < -0.39 is 17.5 Å². The molecular formula is C18H14F2N4O. The highest BCUT2D eigenvalue weighted by Crippen LogP contribution is 2.17.